The number of carboxylic acid groups (broad SMARTS) is 1. The van der Waals surface area contributed by atoms with Crippen LogP contribution in [0, 0.1) is 0 Å². The topological polar surface area (TPSA) is 71.3 Å². The van der Waals surface area contributed by atoms with E-state index in [0.29, 0.717) is 51.5 Å². The molecule has 1 fully saturated rings. The van der Waals surface area contributed by atoms with Crippen LogP contribution in [0.15, 0.2) is 91.1 Å². The minimum absolute atomic E-state index is 0.139. The molecule has 0 unspecified atom stereocenters. The van der Waals surface area contributed by atoms with E-state index >= 15 is 0 Å². The maximum atomic E-state index is 14.0. The Morgan fingerprint density at radius 2 is 1.58 bits per heavy atom. The Morgan fingerprint density at radius 3 is 2.21 bits per heavy atom. The second kappa shape index (κ2) is 10.8. The van der Waals surface area contributed by atoms with Crippen LogP contribution in [0.4, 0.5) is 13.2 Å². The van der Waals surface area contributed by atoms with Crippen LogP contribution in [0.5, 0.6) is 0 Å². The lowest BCUT2D eigenvalue weighted by atomic mass is 9.97. The summed E-state index contributed by atoms with van der Waals surface area (Å²) >= 11 is 12.4. The molecule has 218 valence electrons. The average molecular weight is 623 g/mol. The van der Waals surface area contributed by atoms with Crippen molar-refractivity contribution in [1.82, 2.24) is 9.88 Å². The van der Waals surface area contributed by atoms with Crippen LogP contribution >= 0.6 is 23.2 Å². The number of nitrogens with zero attached hydrogens (tertiary/aromatic N) is 1. The third kappa shape index (κ3) is 5.85. The third-order valence-corrected chi connectivity index (χ3v) is 8.13. The highest BCUT2D eigenvalue weighted by molar-refractivity contribution is 6.34. The zero-order valence-corrected chi connectivity index (χ0v) is 23.9. The predicted octanol–water partition coefficient (Wildman–Crippen LogP) is 8.80. The largest absolute Gasteiger partial charge is 0.478 e. The average Bonchev–Trinajstić information content (AvgIpc) is 3.63. The van der Waals surface area contributed by atoms with E-state index in [1.54, 1.807) is 48.5 Å². The predicted molar refractivity (Wildman–Crippen MR) is 160 cm³/mol. The molecule has 1 heterocycles. The summed E-state index contributed by atoms with van der Waals surface area (Å²) in [5, 5.41) is 14.0. The van der Waals surface area contributed by atoms with E-state index in [0.717, 1.165) is 23.3 Å². The van der Waals surface area contributed by atoms with Crippen LogP contribution in [0.25, 0.3) is 22.0 Å². The minimum Gasteiger partial charge on any atom is -0.478 e. The van der Waals surface area contributed by atoms with Gasteiger partial charge in [0, 0.05) is 28.2 Å². The van der Waals surface area contributed by atoms with Crippen molar-refractivity contribution in [3.8, 4) is 11.1 Å². The SMILES string of the molecule is O=C(O)c1ccc(C2(NC(=O)c3cc(-c4cccc(C(F)(F)F)c4)cc4ccn(Cc5cc(Cl)cc(Cl)c5)c34)CC2)cc1. The molecule has 0 aliphatic heterocycles. The number of hydrogen-bond donors (Lipinski definition) is 2. The van der Waals surface area contributed by atoms with Crippen molar-refractivity contribution >= 4 is 46.0 Å². The summed E-state index contributed by atoms with van der Waals surface area (Å²) in [6, 6.07) is 21.7. The molecule has 1 aliphatic carbocycles. The summed E-state index contributed by atoms with van der Waals surface area (Å²) in [5.74, 6) is -1.45. The molecule has 0 spiro atoms. The number of rotatable bonds is 7. The van der Waals surface area contributed by atoms with Crippen molar-refractivity contribution < 1.29 is 27.9 Å². The van der Waals surface area contributed by atoms with Crippen LogP contribution in [-0.2, 0) is 18.3 Å². The Morgan fingerprint density at radius 1 is 0.884 bits per heavy atom. The van der Waals surface area contributed by atoms with Crippen LogP contribution < -0.4 is 5.32 Å². The minimum atomic E-state index is -4.52. The molecule has 0 saturated heterocycles. The second-order valence-electron chi connectivity index (χ2n) is 10.7. The molecule has 1 saturated carbocycles. The van der Waals surface area contributed by atoms with E-state index in [-0.39, 0.29) is 11.1 Å². The number of aromatic nitrogens is 1. The first-order chi connectivity index (χ1) is 20.4. The molecule has 10 heteroatoms. The highest BCUT2D eigenvalue weighted by Crippen LogP contribution is 2.46. The number of carboxylic acids is 1. The zero-order valence-electron chi connectivity index (χ0n) is 22.4. The number of fused-ring (bicyclic) bond motifs is 1. The standard InChI is InChI=1S/C33H23Cl2F3N2O3/c34-26-12-19(13-27(35)17-26)18-40-11-8-22-14-23(21-2-1-3-25(15-21)33(36,37)38)16-28(29(22)40)30(41)39-32(9-10-32)24-6-4-20(5-7-24)31(42)43/h1-8,11-17H,9-10,18H2,(H,39,41)(H,42,43). The molecular formula is C33H23Cl2F3N2O3. The van der Waals surface area contributed by atoms with Crippen molar-refractivity contribution in [3.05, 3.63) is 129 Å². The highest BCUT2D eigenvalue weighted by atomic mass is 35.5. The van der Waals surface area contributed by atoms with E-state index in [2.05, 4.69) is 5.32 Å². The maximum Gasteiger partial charge on any atom is 0.416 e. The lowest BCUT2D eigenvalue weighted by Gasteiger charge is -2.20. The summed E-state index contributed by atoms with van der Waals surface area (Å²) in [6.07, 6.45) is -1.40. The van der Waals surface area contributed by atoms with Gasteiger partial charge in [-0.15, -0.1) is 0 Å². The summed E-state index contributed by atoms with van der Waals surface area (Å²) in [6.45, 7) is 0.342. The van der Waals surface area contributed by atoms with Gasteiger partial charge in [0.1, 0.15) is 0 Å². The summed E-state index contributed by atoms with van der Waals surface area (Å²) in [4.78, 5) is 25.4. The van der Waals surface area contributed by atoms with Gasteiger partial charge in [-0.3, -0.25) is 4.79 Å². The number of carbonyl (C=O) groups excluding carboxylic acids is 1. The fourth-order valence-electron chi connectivity index (χ4n) is 5.42. The zero-order chi connectivity index (χ0) is 30.5. The van der Waals surface area contributed by atoms with Crippen molar-refractivity contribution in [1.29, 1.82) is 0 Å². The summed E-state index contributed by atoms with van der Waals surface area (Å²) in [7, 11) is 0. The van der Waals surface area contributed by atoms with Gasteiger partial charge in [-0.25, -0.2) is 4.79 Å². The van der Waals surface area contributed by atoms with Crippen molar-refractivity contribution in [3.63, 3.8) is 0 Å². The number of nitrogens with one attached hydrogen (secondary N) is 1. The quantitative estimate of drug-likeness (QED) is 0.190. The number of halogens is 5. The van der Waals surface area contributed by atoms with E-state index in [9.17, 15) is 27.9 Å². The number of hydrogen-bond acceptors (Lipinski definition) is 2. The fourth-order valence-corrected chi connectivity index (χ4v) is 5.99. The van der Waals surface area contributed by atoms with Gasteiger partial charge >= 0.3 is 12.1 Å². The fraction of sp³-hybridized carbons (Fsp3) is 0.152. The lowest BCUT2D eigenvalue weighted by molar-refractivity contribution is -0.137. The molecule has 43 heavy (non-hydrogen) atoms. The normalized spacial score (nSPS) is 14.1. The number of aromatic carboxylic acids is 1. The molecule has 5 aromatic rings. The molecule has 2 N–H and O–H groups in total. The maximum absolute atomic E-state index is 14.0. The van der Waals surface area contributed by atoms with Gasteiger partial charge in [-0.1, -0.05) is 47.5 Å². The molecule has 0 atom stereocenters. The van der Waals surface area contributed by atoms with Crippen LogP contribution in [0.3, 0.4) is 0 Å². The first-order valence-electron chi connectivity index (χ1n) is 13.3. The summed E-state index contributed by atoms with van der Waals surface area (Å²) in [5.41, 5.74) is 1.94. The van der Waals surface area contributed by atoms with Crippen molar-refractivity contribution in [2.75, 3.05) is 0 Å². The summed E-state index contributed by atoms with van der Waals surface area (Å²) < 4.78 is 42.4. The molecule has 6 rings (SSSR count). The third-order valence-electron chi connectivity index (χ3n) is 7.69. The van der Waals surface area contributed by atoms with Crippen molar-refractivity contribution in [2.45, 2.75) is 31.1 Å². The molecule has 0 bridgehead atoms. The smallest absolute Gasteiger partial charge is 0.416 e. The Balaban J connectivity index is 1.44. The van der Waals surface area contributed by atoms with Gasteiger partial charge in [-0.05, 0) is 95.8 Å². The van der Waals surface area contributed by atoms with E-state index in [4.69, 9.17) is 23.2 Å². The van der Waals surface area contributed by atoms with Crippen LogP contribution in [0.1, 0.15) is 50.2 Å². The molecule has 1 aliphatic rings. The Bertz CT molecular complexity index is 1870. The number of carbonyl (C=O) groups is 2. The number of benzene rings is 4. The molecule has 1 amide bonds. The monoisotopic (exact) mass is 622 g/mol. The van der Waals surface area contributed by atoms with E-state index < -0.39 is 29.2 Å². The van der Waals surface area contributed by atoms with E-state index in [1.807, 2.05) is 16.8 Å². The lowest BCUT2D eigenvalue weighted by Crippen LogP contribution is -2.35. The van der Waals surface area contributed by atoms with Gasteiger partial charge in [-0.2, -0.15) is 13.2 Å². The molecule has 5 nitrogen and oxygen atoms in total. The Labute approximate surface area is 254 Å². The van der Waals surface area contributed by atoms with Crippen LogP contribution in [-0.4, -0.2) is 21.6 Å². The van der Waals surface area contributed by atoms with Gasteiger partial charge in [0.25, 0.3) is 5.91 Å². The number of alkyl halides is 3. The molecular weight excluding hydrogens is 600 g/mol. The van der Waals surface area contributed by atoms with Crippen molar-refractivity contribution in [2.24, 2.45) is 0 Å². The van der Waals surface area contributed by atoms with Gasteiger partial charge < -0.3 is 15.0 Å². The molecule has 0 radical (unpaired) electrons. The highest BCUT2D eigenvalue weighted by Gasteiger charge is 2.46. The number of amides is 1. The van der Waals surface area contributed by atoms with Gasteiger partial charge in [0.05, 0.1) is 27.7 Å². The Kier molecular flexibility index (Phi) is 7.22. The van der Waals surface area contributed by atoms with Gasteiger partial charge in [0.15, 0.2) is 0 Å². The first-order valence-corrected chi connectivity index (χ1v) is 14.1. The van der Waals surface area contributed by atoms with E-state index in [1.165, 1.54) is 18.2 Å². The Hall–Kier alpha value is -4.27. The van der Waals surface area contributed by atoms with Gasteiger partial charge in [0.2, 0.25) is 0 Å². The van der Waals surface area contributed by atoms with Crippen LogP contribution in [0.2, 0.25) is 10.0 Å². The second-order valence-corrected chi connectivity index (χ2v) is 11.6. The molecule has 1 aromatic heterocycles. The molecule has 4 aromatic carbocycles. The first kappa shape index (κ1) is 28.8.